The molecule has 0 spiro atoms. The molecule has 0 amide bonds. The minimum atomic E-state index is -0.526. The van der Waals surface area contributed by atoms with Gasteiger partial charge in [-0.2, -0.15) is 0 Å². The van der Waals surface area contributed by atoms with E-state index in [9.17, 15) is 9.18 Å². The predicted molar refractivity (Wildman–Crippen MR) is 82.5 cm³/mol. The van der Waals surface area contributed by atoms with Crippen molar-refractivity contribution in [1.82, 2.24) is 0 Å². The minimum Gasteiger partial charge on any atom is -0.496 e. The van der Waals surface area contributed by atoms with E-state index in [-0.39, 0.29) is 16.9 Å². The Morgan fingerprint density at radius 1 is 0.826 bits per heavy atom. The quantitative estimate of drug-likeness (QED) is 0.766. The van der Waals surface area contributed by atoms with Gasteiger partial charge >= 0.3 is 0 Å². The van der Waals surface area contributed by atoms with Gasteiger partial charge in [-0.05, 0) is 30.3 Å². The lowest BCUT2D eigenvalue weighted by Crippen LogP contribution is -2.06. The van der Waals surface area contributed by atoms with E-state index in [2.05, 4.69) is 0 Å². The number of benzene rings is 2. The van der Waals surface area contributed by atoms with Crippen molar-refractivity contribution in [2.75, 3.05) is 28.4 Å². The summed E-state index contributed by atoms with van der Waals surface area (Å²) < 4.78 is 34.3. The number of carbonyl (C=O) groups excluding carboxylic acids is 1. The van der Waals surface area contributed by atoms with Crippen molar-refractivity contribution in [3.63, 3.8) is 0 Å². The van der Waals surface area contributed by atoms with Crippen molar-refractivity contribution in [2.24, 2.45) is 0 Å². The molecular formula is C17H17FO5. The third-order valence-corrected chi connectivity index (χ3v) is 3.33. The fraction of sp³-hybridized carbons (Fsp3) is 0.235. The molecule has 0 unspecified atom stereocenters. The molecular weight excluding hydrogens is 303 g/mol. The van der Waals surface area contributed by atoms with Gasteiger partial charge in [0, 0.05) is 5.56 Å². The molecule has 0 atom stereocenters. The number of carbonyl (C=O) groups is 1. The maximum atomic E-state index is 13.5. The van der Waals surface area contributed by atoms with Crippen molar-refractivity contribution in [3.05, 3.63) is 47.3 Å². The highest BCUT2D eigenvalue weighted by Crippen LogP contribution is 2.39. The van der Waals surface area contributed by atoms with Crippen LogP contribution in [0.4, 0.5) is 4.39 Å². The van der Waals surface area contributed by atoms with Crippen LogP contribution in [-0.4, -0.2) is 34.2 Å². The molecule has 0 heterocycles. The van der Waals surface area contributed by atoms with Gasteiger partial charge < -0.3 is 18.9 Å². The van der Waals surface area contributed by atoms with Crippen LogP contribution < -0.4 is 18.9 Å². The first kappa shape index (κ1) is 16.6. The molecule has 0 radical (unpaired) electrons. The zero-order chi connectivity index (χ0) is 17.0. The van der Waals surface area contributed by atoms with Crippen LogP contribution >= 0.6 is 0 Å². The summed E-state index contributed by atoms with van der Waals surface area (Å²) >= 11 is 0. The molecule has 6 heteroatoms. The average Bonchev–Trinajstić information content (AvgIpc) is 2.59. The van der Waals surface area contributed by atoms with E-state index in [0.29, 0.717) is 17.2 Å². The molecule has 0 saturated carbocycles. The zero-order valence-corrected chi connectivity index (χ0v) is 13.3. The summed E-state index contributed by atoms with van der Waals surface area (Å²) in [4.78, 5) is 12.7. The molecule has 0 bridgehead atoms. The lowest BCUT2D eigenvalue weighted by molar-refractivity contribution is 0.103. The SMILES string of the molecule is COc1ccc(F)cc1C(=O)c1cc(OC)c(OC)c(OC)c1. The van der Waals surface area contributed by atoms with E-state index in [0.717, 1.165) is 6.07 Å². The van der Waals surface area contributed by atoms with Crippen molar-refractivity contribution >= 4 is 5.78 Å². The van der Waals surface area contributed by atoms with Gasteiger partial charge in [-0.15, -0.1) is 0 Å². The molecule has 2 aromatic carbocycles. The van der Waals surface area contributed by atoms with Crippen LogP contribution in [0.5, 0.6) is 23.0 Å². The third kappa shape index (κ3) is 3.21. The molecule has 2 aromatic rings. The van der Waals surface area contributed by atoms with E-state index in [1.807, 2.05) is 0 Å². The van der Waals surface area contributed by atoms with Crippen LogP contribution in [0.3, 0.4) is 0 Å². The van der Waals surface area contributed by atoms with Crippen LogP contribution in [0.2, 0.25) is 0 Å². The molecule has 0 N–H and O–H groups in total. The summed E-state index contributed by atoms with van der Waals surface area (Å²) in [6.45, 7) is 0. The summed E-state index contributed by atoms with van der Waals surface area (Å²) in [5.41, 5.74) is 0.380. The first-order chi connectivity index (χ1) is 11.0. The monoisotopic (exact) mass is 320 g/mol. The van der Waals surface area contributed by atoms with Crippen molar-refractivity contribution in [2.45, 2.75) is 0 Å². The highest BCUT2D eigenvalue weighted by atomic mass is 19.1. The van der Waals surface area contributed by atoms with E-state index < -0.39 is 11.6 Å². The van der Waals surface area contributed by atoms with Gasteiger partial charge in [0.05, 0.1) is 34.0 Å². The van der Waals surface area contributed by atoms with Gasteiger partial charge in [-0.3, -0.25) is 4.79 Å². The smallest absolute Gasteiger partial charge is 0.203 e. The second-order valence-corrected chi connectivity index (χ2v) is 4.59. The van der Waals surface area contributed by atoms with Crippen LogP contribution in [0, 0.1) is 5.82 Å². The zero-order valence-electron chi connectivity index (χ0n) is 13.3. The van der Waals surface area contributed by atoms with Crippen molar-refractivity contribution in [1.29, 1.82) is 0 Å². The molecule has 0 fully saturated rings. The Hall–Kier alpha value is -2.76. The van der Waals surface area contributed by atoms with E-state index in [4.69, 9.17) is 18.9 Å². The molecule has 2 rings (SSSR count). The Balaban J connectivity index is 2.58. The van der Waals surface area contributed by atoms with Gasteiger partial charge in [0.25, 0.3) is 0 Å². The summed E-state index contributed by atoms with van der Waals surface area (Å²) in [6.07, 6.45) is 0. The maximum Gasteiger partial charge on any atom is 0.203 e. The van der Waals surface area contributed by atoms with Gasteiger partial charge in [-0.1, -0.05) is 0 Å². The van der Waals surface area contributed by atoms with Crippen molar-refractivity contribution in [3.8, 4) is 23.0 Å². The minimum absolute atomic E-state index is 0.113. The van der Waals surface area contributed by atoms with E-state index >= 15 is 0 Å². The molecule has 122 valence electrons. The molecule has 0 aliphatic carbocycles. The Morgan fingerprint density at radius 2 is 1.39 bits per heavy atom. The lowest BCUT2D eigenvalue weighted by atomic mass is 10.0. The first-order valence-corrected chi connectivity index (χ1v) is 6.74. The number of hydrogen-bond donors (Lipinski definition) is 0. The molecule has 23 heavy (non-hydrogen) atoms. The second-order valence-electron chi connectivity index (χ2n) is 4.59. The number of ether oxygens (including phenoxy) is 4. The van der Waals surface area contributed by atoms with Crippen LogP contribution in [-0.2, 0) is 0 Å². The normalized spacial score (nSPS) is 10.1. The number of ketones is 1. The fourth-order valence-electron chi connectivity index (χ4n) is 2.23. The third-order valence-electron chi connectivity index (χ3n) is 3.33. The Morgan fingerprint density at radius 3 is 1.87 bits per heavy atom. The van der Waals surface area contributed by atoms with Gasteiger partial charge in [0.1, 0.15) is 11.6 Å². The average molecular weight is 320 g/mol. The molecule has 5 nitrogen and oxygen atoms in total. The van der Waals surface area contributed by atoms with Gasteiger partial charge in [0.15, 0.2) is 17.3 Å². The summed E-state index contributed by atoms with van der Waals surface area (Å²) in [6, 6.07) is 6.78. The van der Waals surface area contributed by atoms with Crippen molar-refractivity contribution < 1.29 is 28.1 Å². The maximum absolute atomic E-state index is 13.5. The Kier molecular flexibility index (Phi) is 5.05. The van der Waals surface area contributed by atoms with Gasteiger partial charge in [-0.25, -0.2) is 4.39 Å². The number of methoxy groups -OCH3 is 4. The number of hydrogen-bond acceptors (Lipinski definition) is 5. The molecule has 0 saturated heterocycles. The highest BCUT2D eigenvalue weighted by Gasteiger charge is 2.20. The van der Waals surface area contributed by atoms with Crippen LogP contribution in [0.25, 0.3) is 0 Å². The van der Waals surface area contributed by atoms with Crippen LogP contribution in [0.15, 0.2) is 30.3 Å². The molecule has 0 aliphatic rings. The fourth-order valence-corrected chi connectivity index (χ4v) is 2.23. The summed E-state index contributed by atoms with van der Waals surface area (Å²) in [5, 5.41) is 0. The van der Waals surface area contributed by atoms with Gasteiger partial charge in [0.2, 0.25) is 5.75 Å². The van der Waals surface area contributed by atoms with Crippen LogP contribution in [0.1, 0.15) is 15.9 Å². The number of halogens is 1. The summed E-state index contributed by atoms with van der Waals surface area (Å²) in [7, 11) is 5.79. The Bertz CT molecular complexity index is 702. The highest BCUT2D eigenvalue weighted by molar-refractivity contribution is 6.11. The van der Waals surface area contributed by atoms with E-state index in [1.54, 1.807) is 0 Å². The summed E-state index contributed by atoms with van der Waals surface area (Å²) in [5.74, 6) is 0.390. The van der Waals surface area contributed by atoms with E-state index in [1.165, 1.54) is 52.7 Å². The molecule has 0 aromatic heterocycles. The predicted octanol–water partition coefficient (Wildman–Crippen LogP) is 3.09. The second kappa shape index (κ2) is 7.00. The standard InChI is InChI=1S/C17H17FO5/c1-20-13-6-5-11(18)9-12(13)16(19)10-7-14(21-2)17(23-4)15(8-10)22-3/h5-9H,1-4H3. The molecule has 0 aliphatic heterocycles. The number of rotatable bonds is 6. The lowest BCUT2D eigenvalue weighted by Gasteiger charge is -2.14. The largest absolute Gasteiger partial charge is 0.496 e. The first-order valence-electron chi connectivity index (χ1n) is 6.74. The topological polar surface area (TPSA) is 54.0 Å². The Labute approximate surface area is 133 Å².